The predicted octanol–water partition coefficient (Wildman–Crippen LogP) is 2.54. The number of nitrogens with one attached hydrogen (secondary N) is 1. The van der Waals surface area contributed by atoms with E-state index in [0.717, 1.165) is 18.2 Å². The maximum Gasteiger partial charge on any atom is 0.142 e. The molecule has 0 aromatic heterocycles. The molecule has 0 bridgehead atoms. The fourth-order valence-electron chi connectivity index (χ4n) is 3.75. The molecule has 2 heterocycles. The van der Waals surface area contributed by atoms with Crippen LogP contribution < -0.4 is 15.0 Å². The molecule has 0 spiro atoms. The van der Waals surface area contributed by atoms with Gasteiger partial charge in [0.25, 0.3) is 0 Å². The smallest absolute Gasteiger partial charge is 0.142 e. The van der Waals surface area contributed by atoms with E-state index in [1.54, 1.807) is 7.11 Å². The molecule has 1 unspecified atom stereocenters. The van der Waals surface area contributed by atoms with Crippen LogP contribution in [-0.4, -0.2) is 33.8 Å². The summed E-state index contributed by atoms with van der Waals surface area (Å²) >= 11 is 0. The summed E-state index contributed by atoms with van der Waals surface area (Å²) in [6.45, 7) is 5.65. The van der Waals surface area contributed by atoms with Crippen molar-refractivity contribution in [2.24, 2.45) is 5.92 Å². The van der Waals surface area contributed by atoms with Crippen molar-refractivity contribution in [3.05, 3.63) is 23.3 Å². The molecular formula is C16H24N2O. The Hall–Kier alpha value is -1.22. The van der Waals surface area contributed by atoms with Gasteiger partial charge in [0.15, 0.2) is 0 Å². The fourth-order valence-corrected chi connectivity index (χ4v) is 3.75. The number of ether oxygens (including phenoxy) is 1. The first-order valence-corrected chi connectivity index (χ1v) is 7.31. The Morgan fingerprint density at radius 2 is 2.00 bits per heavy atom. The van der Waals surface area contributed by atoms with E-state index in [9.17, 15) is 0 Å². The van der Waals surface area contributed by atoms with Crippen molar-refractivity contribution in [2.75, 3.05) is 38.7 Å². The lowest BCUT2D eigenvalue weighted by molar-refractivity contribution is 0.327. The number of aryl methyl sites for hydroxylation is 1. The zero-order chi connectivity index (χ0) is 13.4. The lowest BCUT2D eigenvalue weighted by Crippen LogP contribution is -2.32. The molecule has 1 atom stereocenters. The molecule has 1 aromatic rings. The molecule has 3 rings (SSSR count). The van der Waals surface area contributed by atoms with Crippen LogP contribution in [0, 0.1) is 12.8 Å². The van der Waals surface area contributed by atoms with E-state index in [1.165, 1.54) is 42.7 Å². The van der Waals surface area contributed by atoms with Gasteiger partial charge in [-0.1, -0.05) is 6.07 Å². The quantitative estimate of drug-likeness (QED) is 0.884. The number of anilines is 1. The topological polar surface area (TPSA) is 24.5 Å². The third kappa shape index (κ3) is 2.20. The minimum atomic E-state index is 0.677. The van der Waals surface area contributed by atoms with Crippen molar-refractivity contribution >= 4 is 5.69 Å². The maximum atomic E-state index is 5.59. The number of hydrogen-bond donors (Lipinski definition) is 1. The number of hydrogen-bond acceptors (Lipinski definition) is 3. The standard InChI is InChI=1S/C16H24N2O/c1-11-8-13-14(12-4-6-17-7-5-12)10-18(2)16(13)15(9-11)19-3/h8-9,12,14,17H,4-7,10H2,1-3H3. The van der Waals surface area contributed by atoms with Gasteiger partial charge >= 0.3 is 0 Å². The van der Waals surface area contributed by atoms with Crippen LogP contribution in [0.3, 0.4) is 0 Å². The summed E-state index contributed by atoms with van der Waals surface area (Å²) in [5.41, 5.74) is 4.13. The summed E-state index contributed by atoms with van der Waals surface area (Å²) in [5, 5.41) is 3.47. The number of nitrogens with zero attached hydrogens (tertiary/aromatic N) is 1. The monoisotopic (exact) mass is 260 g/mol. The van der Waals surface area contributed by atoms with E-state index in [4.69, 9.17) is 4.74 Å². The van der Waals surface area contributed by atoms with Crippen LogP contribution in [0.4, 0.5) is 5.69 Å². The Morgan fingerprint density at radius 3 is 2.68 bits per heavy atom. The lowest BCUT2D eigenvalue weighted by atomic mass is 9.81. The van der Waals surface area contributed by atoms with Crippen LogP contribution in [-0.2, 0) is 0 Å². The van der Waals surface area contributed by atoms with Crippen LogP contribution in [0.15, 0.2) is 12.1 Å². The van der Waals surface area contributed by atoms with Crippen LogP contribution in [0.5, 0.6) is 5.75 Å². The molecule has 3 heteroatoms. The third-order valence-corrected chi connectivity index (χ3v) is 4.67. The van der Waals surface area contributed by atoms with Gasteiger partial charge in [0.1, 0.15) is 5.75 Å². The van der Waals surface area contributed by atoms with Crippen molar-refractivity contribution in [3.8, 4) is 5.75 Å². The predicted molar refractivity (Wildman–Crippen MR) is 79.3 cm³/mol. The highest BCUT2D eigenvalue weighted by Gasteiger charge is 2.35. The van der Waals surface area contributed by atoms with E-state index in [0.29, 0.717) is 5.92 Å². The van der Waals surface area contributed by atoms with Gasteiger partial charge in [-0.15, -0.1) is 0 Å². The van der Waals surface area contributed by atoms with Gasteiger partial charge in [-0.3, -0.25) is 0 Å². The summed E-state index contributed by atoms with van der Waals surface area (Å²) in [4.78, 5) is 2.38. The van der Waals surface area contributed by atoms with Gasteiger partial charge in [-0.25, -0.2) is 0 Å². The Morgan fingerprint density at radius 1 is 1.26 bits per heavy atom. The zero-order valence-electron chi connectivity index (χ0n) is 12.2. The summed E-state index contributed by atoms with van der Waals surface area (Å²) < 4.78 is 5.59. The lowest BCUT2D eigenvalue weighted by Gasteiger charge is -2.28. The zero-order valence-corrected chi connectivity index (χ0v) is 12.2. The second-order valence-electron chi connectivity index (χ2n) is 5.98. The molecule has 1 N–H and O–H groups in total. The maximum absolute atomic E-state index is 5.59. The third-order valence-electron chi connectivity index (χ3n) is 4.67. The fraction of sp³-hybridized carbons (Fsp3) is 0.625. The van der Waals surface area contributed by atoms with Crippen LogP contribution >= 0.6 is 0 Å². The minimum Gasteiger partial charge on any atom is -0.495 e. The second kappa shape index (κ2) is 5.04. The first kappa shape index (κ1) is 12.8. The van der Waals surface area contributed by atoms with Crippen molar-refractivity contribution in [1.29, 1.82) is 0 Å². The van der Waals surface area contributed by atoms with E-state index in [1.807, 2.05) is 0 Å². The highest BCUT2D eigenvalue weighted by Crippen LogP contribution is 2.47. The van der Waals surface area contributed by atoms with Gasteiger partial charge < -0.3 is 15.0 Å². The van der Waals surface area contributed by atoms with Crippen LogP contribution in [0.2, 0.25) is 0 Å². The van der Waals surface area contributed by atoms with Gasteiger partial charge in [0, 0.05) is 19.5 Å². The average molecular weight is 260 g/mol. The number of fused-ring (bicyclic) bond motifs is 1. The number of methoxy groups -OCH3 is 1. The molecule has 0 radical (unpaired) electrons. The first-order chi connectivity index (χ1) is 9.20. The largest absolute Gasteiger partial charge is 0.495 e. The number of benzene rings is 1. The van der Waals surface area contributed by atoms with E-state index in [-0.39, 0.29) is 0 Å². The molecule has 3 nitrogen and oxygen atoms in total. The Labute approximate surface area is 115 Å². The minimum absolute atomic E-state index is 0.677. The molecule has 2 aliphatic heterocycles. The molecule has 1 aromatic carbocycles. The highest BCUT2D eigenvalue weighted by atomic mass is 16.5. The molecule has 2 aliphatic rings. The molecule has 19 heavy (non-hydrogen) atoms. The Bertz CT molecular complexity index is 466. The van der Waals surface area contributed by atoms with Gasteiger partial charge in [-0.2, -0.15) is 0 Å². The average Bonchev–Trinajstić information content (AvgIpc) is 2.76. The first-order valence-electron chi connectivity index (χ1n) is 7.31. The van der Waals surface area contributed by atoms with Crippen molar-refractivity contribution in [1.82, 2.24) is 5.32 Å². The van der Waals surface area contributed by atoms with Crippen LogP contribution in [0.25, 0.3) is 0 Å². The van der Waals surface area contributed by atoms with E-state index >= 15 is 0 Å². The summed E-state index contributed by atoms with van der Waals surface area (Å²) in [6.07, 6.45) is 2.60. The summed E-state index contributed by atoms with van der Waals surface area (Å²) in [6, 6.07) is 4.52. The molecule has 0 aliphatic carbocycles. The molecular weight excluding hydrogens is 236 g/mol. The highest BCUT2D eigenvalue weighted by molar-refractivity contribution is 5.69. The van der Waals surface area contributed by atoms with E-state index in [2.05, 4.69) is 36.3 Å². The molecule has 0 saturated carbocycles. The number of rotatable bonds is 2. The molecule has 0 amide bonds. The van der Waals surface area contributed by atoms with Gasteiger partial charge in [0.05, 0.1) is 12.8 Å². The van der Waals surface area contributed by atoms with Crippen molar-refractivity contribution in [3.63, 3.8) is 0 Å². The molecule has 1 saturated heterocycles. The Kier molecular flexibility index (Phi) is 3.40. The van der Waals surface area contributed by atoms with Crippen LogP contribution in [0.1, 0.15) is 29.9 Å². The Balaban J connectivity index is 1.98. The molecule has 104 valence electrons. The van der Waals surface area contributed by atoms with Crippen molar-refractivity contribution < 1.29 is 4.74 Å². The SMILES string of the molecule is COc1cc(C)cc2c1N(C)CC2C1CCNCC1. The molecule has 1 fully saturated rings. The second-order valence-corrected chi connectivity index (χ2v) is 5.98. The summed E-state index contributed by atoms with van der Waals surface area (Å²) in [7, 11) is 3.97. The normalized spacial score (nSPS) is 23.5. The summed E-state index contributed by atoms with van der Waals surface area (Å²) in [5.74, 6) is 2.53. The van der Waals surface area contributed by atoms with E-state index < -0.39 is 0 Å². The number of likely N-dealkylation sites (N-methyl/N-ethyl adjacent to an activating group) is 1. The number of piperidine rings is 1. The van der Waals surface area contributed by atoms with Gasteiger partial charge in [0.2, 0.25) is 0 Å². The van der Waals surface area contributed by atoms with Crippen molar-refractivity contribution in [2.45, 2.75) is 25.7 Å². The van der Waals surface area contributed by atoms with Gasteiger partial charge in [-0.05, 0) is 56.0 Å².